The Morgan fingerprint density at radius 1 is 1.14 bits per heavy atom. The van der Waals surface area contributed by atoms with Crippen LogP contribution < -0.4 is 4.72 Å². The van der Waals surface area contributed by atoms with Crippen LogP contribution in [0.2, 0.25) is 5.02 Å². The van der Waals surface area contributed by atoms with Crippen LogP contribution in [0.3, 0.4) is 0 Å². The molecule has 112 valence electrons. The minimum atomic E-state index is -3.64. The van der Waals surface area contributed by atoms with E-state index in [0.717, 1.165) is 5.56 Å². The number of anilines is 1. The lowest BCUT2D eigenvalue weighted by molar-refractivity contribution is 0.299. The Labute approximate surface area is 129 Å². The van der Waals surface area contributed by atoms with Gasteiger partial charge in [-0.1, -0.05) is 23.7 Å². The first-order chi connectivity index (χ1) is 9.92. The van der Waals surface area contributed by atoms with Gasteiger partial charge in [-0.05, 0) is 54.8 Å². The summed E-state index contributed by atoms with van der Waals surface area (Å²) < 4.78 is 27.2. The highest BCUT2D eigenvalue weighted by Crippen LogP contribution is 2.22. The lowest BCUT2D eigenvalue weighted by Gasteiger charge is -2.11. The molecule has 2 aromatic carbocycles. The molecule has 2 N–H and O–H groups in total. The molecular formula is C15H16ClNO3S. The van der Waals surface area contributed by atoms with Gasteiger partial charge in [0.25, 0.3) is 10.0 Å². The Balaban J connectivity index is 2.24. The Kier molecular flexibility index (Phi) is 4.88. The van der Waals surface area contributed by atoms with Gasteiger partial charge in [-0.25, -0.2) is 8.42 Å². The van der Waals surface area contributed by atoms with Crippen molar-refractivity contribution in [1.29, 1.82) is 0 Å². The molecule has 0 spiro atoms. The number of aliphatic hydroxyl groups excluding tert-OH is 1. The summed E-state index contributed by atoms with van der Waals surface area (Å²) in [5.41, 5.74) is 2.01. The molecule has 0 amide bonds. The number of benzene rings is 2. The van der Waals surface area contributed by atoms with Crippen LogP contribution in [0.25, 0.3) is 0 Å². The zero-order valence-corrected chi connectivity index (χ0v) is 13.1. The van der Waals surface area contributed by atoms with Gasteiger partial charge in [-0.2, -0.15) is 0 Å². The summed E-state index contributed by atoms with van der Waals surface area (Å²) in [7, 11) is -3.64. The highest BCUT2D eigenvalue weighted by atomic mass is 35.5. The van der Waals surface area contributed by atoms with E-state index < -0.39 is 10.0 Å². The second-order valence-electron chi connectivity index (χ2n) is 4.69. The van der Waals surface area contributed by atoms with Crippen molar-refractivity contribution in [1.82, 2.24) is 0 Å². The highest BCUT2D eigenvalue weighted by molar-refractivity contribution is 7.92. The van der Waals surface area contributed by atoms with Gasteiger partial charge in [0.2, 0.25) is 0 Å². The number of nitrogens with one attached hydrogen (secondary N) is 1. The standard InChI is InChI=1S/C15H16ClNO3S/c1-11-10-13(16)4-7-15(11)21(19,20)17-14-5-2-12(3-6-14)8-9-18/h2-7,10,17-18H,8-9H2,1H3. The topological polar surface area (TPSA) is 66.4 Å². The van der Waals surface area contributed by atoms with E-state index in [0.29, 0.717) is 22.7 Å². The highest BCUT2D eigenvalue weighted by Gasteiger charge is 2.16. The third kappa shape index (κ3) is 3.97. The summed E-state index contributed by atoms with van der Waals surface area (Å²) in [5, 5.41) is 9.35. The van der Waals surface area contributed by atoms with Gasteiger partial charge < -0.3 is 5.11 Å². The maximum Gasteiger partial charge on any atom is 0.262 e. The van der Waals surface area contributed by atoms with E-state index in [9.17, 15) is 8.42 Å². The van der Waals surface area contributed by atoms with E-state index in [1.54, 1.807) is 43.3 Å². The number of aryl methyl sites for hydroxylation is 1. The smallest absolute Gasteiger partial charge is 0.262 e. The molecule has 0 saturated heterocycles. The lowest BCUT2D eigenvalue weighted by atomic mass is 10.1. The molecule has 0 atom stereocenters. The fourth-order valence-corrected chi connectivity index (χ4v) is 3.51. The second kappa shape index (κ2) is 6.47. The van der Waals surface area contributed by atoms with Crippen molar-refractivity contribution < 1.29 is 13.5 Å². The van der Waals surface area contributed by atoms with Crippen molar-refractivity contribution >= 4 is 27.3 Å². The molecule has 2 aromatic rings. The zero-order chi connectivity index (χ0) is 15.5. The van der Waals surface area contributed by atoms with Crippen molar-refractivity contribution in [3.8, 4) is 0 Å². The number of sulfonamides is 1. The third-order valence-electron chi connectivity index (χ3n) is 3.03. The Hall–Kier alpha value is -1.56. The van der Waals surface area contributed by atoms with Crippen LogP contribution in [0, 0.1) is 6.92 Å². The van der Waals surface area contributed by atoms with Crippen molar-refractivity contribution in [3.63, 3.8) is 0 Å². The number of aliphatic hydroxyl groups is 1. The first-order valence-corrected chi connectivity index (χ1v) is 8.27. The normalized spacial score (nSPS) is 11.4. The molecule has 0 aliphatic heterocycles. The van der Waals surface area contributed by atoms with E-state index in [-0.39, 0.29) is 11.5 Å². The lowest BCUT2D eigenvalue weighted by Crippen LogP contribution is -2.14. The molecule has 0 unspecified atom stereocenters. The molecule has 0 aromatic heterocycles. The summed E-state index contributed by atoms with van der Waals surface area (Å²) in [6.07, 6.45) is 0.545. The van der Waals surface area contributed by atoms with Gasteiger partial charge in [-0.15, -0.1) is 0 Å². The molecule has 0 radical (unpaired) electrons. The predicted molar refractivity (Wildman–Crippen MR) is 84.2 cm³/mol. The van der Waals surface area contributed by atoms with Crippen molar-refractivity contribution in [3.05, 3.63) is 58.6 Å². The maximum atomic E-state index is 12.4. The third-order valence-corrected chi connectivity index (χ3v) is 4.81. The Morgan fingerprint density at radius 2 is 1.81 bits per heavy atom. The van der Waals surface area contributed by atoms with E-state index >= 15 is 0 Å². The second-order valence-corrected chi connectivity index (χ2v) is 6.77. The molecule has 0 saturated carbocycles. The summed E-state index contributed by atoms with van der Waals surface area (Å²) in [5.74, 6) is 0. The molecule has 0 fully saturated rings. The summed E-state index contributed by atoms with van der Waals surface area (Å²) >= 11 is 5.84. The average molecular weight is 326 g/mol. The molecule has 0 heterocycles. The van der Waals surface area contributed by atoms with Gasteiger partial charge >= 0.3 is 0 Å². The van der Waals surface area contributed by atoms with Crippen LogP contribution in [0.4, 0.5) is 5.69 Å². The fourth-order valence-electron chi connectivity index (χ4n) is 1.99. The number of rotatable bonds is 5. The first kappa shape index (κ1) is 15.8. The molecule has 21 heavy (non-hydrogen) atoms. The minimum absolute atomic E-state index is 0.0645. The van der Waals surface area contributed by atoms with Crippen LogP contribution >= 0.6 is 11.6 Å². The maximum absolute atomic E-state index is 12.4. The predicted octanol–water partition coefficient (Wildman–Crippen LogP) is 2.98. The van der Waals surface area contributed by atoms with Crippen LogP contribution in [-0.4, -0.2) is 20.1 Å². The minimum Gasteiger partial charge on any atom is -0.396 e. The molecule has 0 aliphatic carbocycles. The van der Waals surface area contributed by atoms with Crippen molar-refractivity contribution in [2.24, 2.45) is 0 Å². The Bertz CT molecular complexity index is 727. The van der Waals surface area contributed by atoms with E-state index in [1.165, 1.54) is 6.07 Å². The van der Waals surface area contributed by atoms with Crippen LogP contribution in [-0.2, 0) is 16.4 Å². The quantitative estimate of drug-likeness (QED) is 0.888. The molecule has 0 bridgehead atoms. The summed E-state index contributed by atoms with van der Waals surface area (Å²) in [4.78, 5) is 0.200. The molecule has 0 aliphatic rings. The number of hydrogen-bond acceptors (Lipinski definition) is 3. The van der Waals surface area contributed by atoms with Crippen molar-refractivity contribution in [2.75, 3.05) is 11.3 Å². The van der Waals surface area contributed by atoms with Crippen LogP contribution in [0.1, 0.15) is 11.1 Å². The summed E-state index contributed by atoms with van der Waals surface area (Å²) in [6.45, 7) is 1.76. The number of hydrogen-bond donors (Lipinski definition) is 2. The molecule has 6 heteroatoms. The van der Waals surface area contributed by atoms with Crippen molar-refractivity contribution in [2.45, 2.75) is 18.2 Å². The molecule has 2 rings (SSSR count). The van der Waals surface area contributed by atoms with Gasteiger partial charge in [0.15, 0.2) is 0 Å². The fraction of sp³-hybridized carbons (Fsp3) is 0.200. The SMILES string of the molecule is Cc1cc(Cl)ccc1S(=O)(=O)Nc1ccc(CCO)cc1. The number of halogens is 1. The zero-order valence-electron chi connectivity index (χ0n) is 11.5. The van der Waals surface area contributed by atoms with E-state index in [1.807, 2.05) is 0 Å². The first-order valence-electron chi connectivity index (χ1n) is 6.41. The molecular weight excluding hydrogens is 310 g/mol. The van der Waals surface area contributed by atoms with Gasteiger partial charge in [0.1, 0.15) is 0 Å². The molecule has 4 nitrogen and oxygen atoms in total. The van der Waals surface area contributed by atoms with Crippen LogP contribution in [0.5, 0.6) is 0 Å². The van der Waals surface area contributed by atoms with E-state index in [2.05, 4.69) is 4.72 Å². The van der Waals surface area contributed by atoms with Gasteiger partial charge in [0.05, 0.1) is 4.90 Å². The summed E-state index contributed by atoms with van der Waals surface area (Å²) in [6, 6.07) is 11.6. The average Bonchev–Trinajstić information content (AvgIpc) is 2.40. The Morgan fingerprint density at radius 3 is 2.38 bits per heavy atom. The van der Waals surface area contributed by atoms with Crippen LogP contribution in [0.15, 0.2) is 47.4 Å². The van der Waals surface area contributed by atoms with Gasteiger partial charge in [0, 0.05) is 17.3 Å². The van der Waals surface area contributed by atoms with Gasteiger partial charge in [-0.3, -0.25) is 4.72 Å². The van der Waals surface area contributed by atoms with E-state index in [4.69, 9.17) is 16.7 Å². The largest absolute Gasteiger partial charge is 0.396 e. The monoisotopic (exact) mass is 325 g/mol.